The Balaban J connectivity index is 1.57. The van der Waals surface area contributed by atoms with Gasteiger partial charge in [-0.25, -0.2) is 4.98 Å². The predicted molar refractivity (Wildman–Crippen MR) is 124 cm³/mol. The highest BCUT2D eigenvalue weighted by molar-refractivity contribution is 9.10. The van der Waals surface area contributed by atoms with Crippen molar-refractivity contribution >= 4 is 44.6 Å². The van der Waals surface area contributed by atoms with Crippen LogP contribution in [0.3, 0.4) is 0 Å². The van der Waals surface area contributed by atoms with Gasteiger partial charge in [-0.05, 0) is 54.4 Å². The van der Waals surface area contributed by atoms with E-state index in [-0.39, 0.29) is 5.56 Å². The van der Waals surface area contributed by atoms with E-state index < -0.39 is 0 Å². The zero-order valence-electron chi connectivity index (χ0n) is 16.0. The Hall–Kier alpha value is -2.96. The summed E-state index contributed by atoms with van der Waals surface area (Å²) < 4.78 is 7.88. The first-order chi connectivity index (χ1) is 14.5. The molecule has 1 heterocycles. The van der Waals surface area contributed by atoms with E-state index in [4.69, 9.17) is 16.3 Å². The normalized spacial score (nSPS) is 11.3. The van der Waals surface area contributed by atoms with Crippen molar-refractivity contribution in [2.75, 3.05) is 0 Å². The van der Waals surface area contributed by atoms with E-state index >= 15 is 0 Å². The molecule has 0 saturated carbocycles. The summed E-state index contributed by atoms with van der Waals surface area (Å²) in [6.07, 6.45) is 1.58. The lowest BCUT2D eigenvalue weighted by Gasteiger charge is -2.09. The van der Waals surface area contributed by atoms with E-state index in [0.717, 1.165) is 15.6 Å². The van der Waals surface area contributed by atoms with Crippen LogP contribution in [0.15, 0.2) is 81.1 Å². The molecule has 0 saturated heterocycles. The quantitative estimate of drug-likeness (QED) is 0.349. The monoisotopic (exact) mass is 481 g/mol. The molecule has 0 atom stereocenters. The van der Waals surface area contributed by atoms with E-state index in [0.29, 0.717) is 34.1 Å². The maximum absolute atomic E-state index is 12.8. The largest absolute Gasteiger partial charge is 0.487 e. The van der Waals surface area contributed by atoms with Crippen LogP contribution >= 0.6 is 27.5 Å². The Morgan fingerprint density at radius 1 is 1.13 bits per heavy atom. The lowest BCUT2D eigenvalue weighted by atomic mass is 10.2. The molecule has 0 unspecified atom stereocenters. The SMILES string of the molecule is Cc1nc2ccc(Br)cc2c(=O)n1N=Cc1ccc(OCc2ccccc2)c(Cl)c1. The Morgan fingerprint density at radius 2 is 1.93 bits per heavy atom. The number of halogens is 2. The first-order valence-electron chi connectivity index (χ1n) is 9.21. The second kappa shape index (κ2) is 8.81. The molecule has 0 aliphatic rings. The molecule has 0 radical (unpaired) electrons. The highest BCUT2D eigenvalue weighted by Crippen LogP contribution is 2.26. The number of nitrogens with zero attached hydrogens (tertiary/aromatic N) is 3. The van der Waals surface area contributed by atoms with Crippen molar-refractivity contribution in [3.05, 3.63) is 104 Å². The molecule has 0 bridgehead atoms. The molecule has 30 heavy (non-hydrogen) atoms. The molecule has 0 aliphatic heterocycles. The van der Waals surface area contributed by atoms with Gasteiger partial charge < -0.3 is 4.74 Å². The van der Waals surface area contributed by atoms with Crippen LogP contribution in [0.5, 0.6) is 5.75 Å². The molecule has 0 aliphatic carbocycles. The average molecular weight is 483 g/mol. The maximum atomic E-state index is 12.8. The van der Waals surface area contributed by atoms with Gasteiger partial charge >= 0.3 is 0 Å². The van der Waals surface area contributed by atoms with E-state index in [9.17, 15) is 4.79 Å². The summed E-state index contributed by atoms with van der Waals surface area (Å²) in [5.41, 5.74) is 2.20. The fourth-order valence-electron chi connectivity index (χ4n) is 2.97. The zero-order valence-corrected chi connectivity index (χ0v) is 18.4. The van der Waals surface area contributed by atoms with Gasteiger partial charge in [0.15, 0.2) is 0 Å². The second-order valence-corrected chi connectivity index (χ2v) is 7.97. The number of rotatable bonds is 5. The smallest absolute Gasteiger partial charge is 0.282 e. The fourth-order valence-corrected chi connectivity index (χ4v) is 3.57. The number of fused-ring (bicyclic) bond motifs is 1. The van der Waals surface area contributed by atoms with E-state index in [1.165, 1.54) is 4.68 Å². The zero-order chi connectivity index (χ0) is 21.1. The third kappa shape index (κ3) is 4.45. The summed E-state index contributed by atoms with van der Waals surface area (Å²) in [6.45, 7) is 2.18. The van der Waals surface area contributed by atoms with Gasteiger partial charge in [0.2, 0.25) is 0 Å². The van der Waals surface area contributed by atoms with E-state index in [2.05, 4.69) is 26.0 Å². The topological polar surface area (TPSA) is 56.5 Å². The van der Waals surface area contributed by atoms with Gasteiger partial charge in [0.1, 0.15) is 18.2 Å². The van der Waals surface area contributed by atoms with Crippen molar-refractivity contribution in [1.82, 2.24) is 9.66 Å². The first kappa shape index (κ1) is 20.3. The number of benzene rings is 3. The molecular weight excluding hydrogens is 466 g/mol. The lowest BCUT2D eigenvalue weighted by Crippen LogP contribution is -2.20. The van der Waals surface area contributed by atoms with Gasteiger partial charge in [0, 0.05) is 4.47 Å². The average Bonchev–Trinajstić information content (AvgIpc) is 2.74. The van der Waals surface area contributed by atoms with Gasteiger partial charge in [-0.15, -0.1) is 0 Å². The van der Waals surface area contributed by atoms with Crippen LogP contribution in [0.2, 0.25) is 5.02 Å². The molecule has 4 rings (SSSR count). The van der Waals surface area contributed by atoms with Gasteiger partial charge in [0.05, 0.1) is 22.1 Å². The number of hydrogen-bond acceptors (Lipinski definition) is 4. The number of hydrogen-bond donors (Lipinski definition) is 0. The summed E-state index contributed by atoms with van der Waals surface area (Å²) in [5.74, 6) is 1.09. The molecule has 4 aromatic rings. The van der Waals surface area contributed by atoms with Gasteiger partial charge in [0.25, 0.3) is 5.56 Å². The minimum Gasteiger partial charge on any atom is -0.487 e. The summed E-state index contributed by atoms with van der Waals surface area (Å²) in [5, 5.41) is 5.29. The molecule has 0 amide bonds. The molecule has 3 aromatic carbocycles. The molecular formula is C23H17BrClN3O2. The van der Waals surface area contributed by atoms with Gasteiger partial charge in [-0.3, -0.25) is 4.79 Å². The number of aromatic nitrogens is 2. The minimum absolute atomic E-state index is 0.232. The molecule has 0 spiro atoms. The Labute approximate surface area is 186 Å². The maximum Gasteiger partial charge on any atom is 0.282 e. The summed E-state index contributed by atoms with van der Waals surface area (Å²) in [6, 6.07) is 20.6. The van der Waals surface area contributed by atoms with Crippen LogP contribution in [0.1, 0.15) is 17.0 Å². The van der Waals surface area contributed by atoms with Crippen molar-refractivity contribution in [1.29, 1.82) is 0 Å². The van der Waals surface area contributed by atoms with Gasteiger partial charge in [-0.1, -0.05) is 57.9 Å². The summed E-state index contributed by atoms with van der Waals surface area (Å²) in [7, 11) is 0. The highest BCUT2D eigenvalue weighted by atomic mass is 79.9. The molecule has 0 fully saturated rings. The standard InChI is InChI=1S/C23H17BrClN3O2/c1-15-27-21-9-8-18(24)12-19(21)23(29)28(15)26-13-17-7-10-22(20(25)11-17)30-14-16-5-3-2-4-6-16/h2-13H,14H2,1H3. The third-order valence-corrected chi connectivity index (χ3v) is 5.27. The lowest BCUT2D eigenvalue weighted by molar-refractivity contribution is 0.306. The molecule has 1 aromatic heterocycles. The predicted octanol–water partition coefficient (Wildman–Crippen LogP) is 5.58. The van der Waals surface area contributed by atoms with Crippen molar-refractivity contribution in [2.45, 2.75) is 13.5 Å². The Morgan fingerprint density at radius 3 is 2.70 bits per heavy atom. The third-order valence-electron chi connectivity index (χ3n) is 4.49. The molecule has 7 heteroatoms. The highest BCUT2D eigenvalue weighted by Gasteiger charge is 2.08. The number of ether oxygens (including phenoxy) is 1. The van der Waals surface area contributed by atoms with Gasteiger partial charge in [-0.2, -0.15) is 9.78 Å². The van der Waals surface area contributed by atoms with Crippen molar-refractivity contribution < 1.29 is 4.74 Å². The van der Waals surface area contributed by atoms with Crippen LogP contribution in [0.25, 0.3) is 10.9 Å². The Bertz CT molecular complexity index is 1300. The first-order valence-corrected chi connectivity index (χ1v) is 10.4. The molecule has 0 N–H and O–H groups in total. The van der Waals surface area contributed by atoms with Crippen molar-refractivity contribution in [3.63, 3.8) is 0 Å². The van der Waals surface area contributed by atoms with Crippen LogP contribution in [-0.2, 0) is 6.61 Å². The summed E-state index contributed by atoms with van der Waals surface area (Å²) >= 11 is 9.75. The number of aryl methyl sites for hydroxylation is 1. The van der Waals surface area contributed by atoms with E-state index in [1.54, 1.807) is 37.4 Å². The summed E-state index contributed by atoms with van der Waals surface area (Å²) in [4.78, 5) is 17.3. The fraction of sp³-hybridized carbons (Fsp3) is 0.0870. The molecule has 150 valence electrons. The van der Waals surface area contributed by atoms with Crippen LogP contribution < -0.4 is 10.3 Å². The van der Waals surface area contributed by atoms with Crippen LogP contribution in [-0.4, -0.2) is 15.9 Å². The minimum atomic E-state index is -0.232. The van der Waals surface area contributed by atoms with Crippen LogP contribution in [0, 0.1) is 6.92 Å². The second-order valence-electron chi connectivity index (χ2n) is 6.65. The van der Waals surface area contributed by atoms with E-state index in [1.807, 2.05) is 42.5 Å². The van der Waals surface area contributed by atoms with Crippen LogP contribution in [0.4, 0.5) is 0 Å². The van der Waals surface area contributed by atoms with Crippen molar-refractivity contribution in [3.8, 4) is 5.75 Å². The van der Waals surface area contributed by atoms with Crippen molar-refractivity contribution in [2.24, 2.45) is 5.10 Å². The molecule has 5 nitrogen and oxygen atoms in total. The Kier molecular flexibility index (Phi) is 5.97.